The summed E-state index contributed by atoms with van der Waals surface area (Å²) < 4.78 is 2.16. The number of carbonyl (C=O) groups is 1. The highest BCUT2D eigenvalue weighted by molar-refractivity contribution is 7.99. The predicted octanol–water partition coefficient (Wildman–Crippen LogP) is 3.67. The van der Waals surface area contributed by atoms with Gasteiger partial charge in [-0.25, -0.2) is 9.97 Å². The van der Waals surface area contributed by atoms with Gasteiger partial charge in [0.05, 0.1) is 22.6 Å². The van der Waals surface area contributed by atoms with Gasteiger partial charge in [-0.3, -0.25) is 4.79 Å². The molecule has 7 heteroatoms. The Bertz CT molecular complexity index is 862. The highest BCUT2D eigenvalue weighted by Crippen LogP contribution is 2.32. The van der Waals surface area contributed by atoms with Crippen LogP contribution in [0.4, 0.5) is 5.69 Å². The van der Waals surface area contributed by atoms with Gasteiger partial charge in [-0.05, 0) is 13.0 Å². The quantitative estimate of drug-likeness (QED) is 0.789. The standard InChI is InChI=1S/C16H14N4OS2/c1-10-14(23-9-17-10)15(21)18-12-5-3-2-4-11(12)13-8-20-6-7-22-16(20)19-13/h2-5,8-9H,6-7H2,1H3,(H,18,21). The number of nitrogens with zero attached hydrogens (tertiary/aromatic N) is 3. The first-order valence-electron chi connectivity index (χ1n) is 7.23. The van der Waals surface area contributed by atoms with E-state index in [2.05, 4.69) is 26.0 Å². The summed E-state index contributed by atoms with van der Waals surface area (Å²) in [6.45, 7) is 2.83. The maximum Gasteiger partial charge on any atom is 0.267 e. The maximum atomic E-state index is 12.4. The fourth-order valence-corrected chi connectivity index (χ4v) is 4.19. The maximum absolute atomic E-state index is 12.4. The molecule has 0 unspecified atom stereocenters. The molecule has 5 nitrogen and oxygen atoms in total. The molecule has 0 aliphatic carbocycles. The summed E-state index contributed by atoms with van der Waals surface area (Å²) in [4.78, 5) is 21.9. The smallest absolute Gasteiger partial charge is 0.267 e. The Labute approximate surface area is 141 Å². The molecular weight excluding hydrogens is 328 g/mol. The summed E-state index contributed by atoms with van der Waals surface area (Å²) in [6.07, 6.45) is 2.05. The lowest BCUT2D eigenvalue weighted by Gasteiger charge is -2.09. The van der Waals surface area contributed by atoms with Gasteiger partial charge in [0.25, 0.3) is 5.91 Å². The Balaban J connectivity index is 1.67. The van der Waals surface area contributed by atoms with Crippen LogP contribution in [0.3, 0.4) is 0 Å². The molecule has 3 heterocycles. The fourth-order valence-electron chi connectivity index (χ4n) is 2.55. The van der Waals surface area contributed by atoms with Crippen LogP contribution < -0.4 is 5.32 Å². The van der Waals surface area contributed by atoms with Crippen molar-refractivity contribution >= 4 is 34.7 Å². The first-order chi connectivity index (χ1) is 11.2. The van der Waals surface area contributed by atoms with Crippen LogP contribution in [0.25, 0.3) is 11.3 Å². The van der Waals surface area contributed by atoms with Crippen molar-refractivity contribution in [1.82, 2.24) is 14.5 Å². The largest absolute Gasteiger partial charge is 0.325 e. The number of aromatic nitrogens is 3. The van der Waals surface area contributed by atoms with E-state index in [0.717, 1.165) is 40.1 Å². The van der Waals surface area contributed by atoms with Crippen molar-refractivity contribution in [2.24, 2.45) is 0 Å². The average molecular weight is 342 g/mol. The second-order valence-corrected chi connectivity index (χ2v) is 7.13. The van der Waals surface area contributed by atoms with E-state index in [-0.39, 0.29) is 5.91 Å². The highest BCUT2D eigenvalue weighted by atomic mass is 32.2. The molecule has 116 valence electrons. The molecule has 1 N–H and O–H groups in total. The molecule has 0 radical (unpaired) electrons. The third kappa shape index (κ3) is 2.66. The number of fused-ring (bicyclic) bond motifs is 1. The van der Waals surface area contributed by atoms with Crippen molar-refractivity contribution < 1.29 is 4.79 Å². The van der Waals surface area contributed by atoms with Gasteiger partial charge in [0, 0.05) is 24.1 Å². The van der Waals surface area contributed by atoms with E-state index in [4.69, 9.17) is 0 Å². The third-order valence-electron chi connectivity index (χ3n) is 3.71. The number of imidazole rings is 1. The van der Waals surface area contributed by atoms with Crippen molar-refractivity contribution in [2.45, 2.75) is 18.6 Å². The van der Waals surface area contributed by atoms with Gasteiger partial charge in [-0.15, -0.1) is 11.3 Å². The van der Waals surface area contributed by atoms with Crippen molar-refractivity contribution in [3.63, 3.8) is 0 Å². The summed E-state index contributed by atoms with van der Waals surface area (Å²) in [5.74, 6) is 0.949. The van der Waals surface area contributed by atoms with Crippen LogP contribution in [-0.2, 0) is 6.54 Å². The molecule has 0 atom stereocenters. The van der Waals surface area contributed by atoms with E-state index in [0.29, 0.717) is 4.88 Å². The van der Waals surface area contributed by atoms with Crippen molar-refractivity contribution in [1.29, 1.82) is 0 Å². The van der Waals surface area contributed by atoms with Crippen molar-refractivity contribution in [3.8, 4) is 11.3 Å². The molecule has 23 heavy (non-hydrogen) atoms. The zero-order valence-electron chi connectivity index (χ0n) is 12.4. The van der Waals surface area contributed by atoms with E-state index in [1.54, 1.807) is 17.3 Å². The van der Waals surface area contributed by atoms with Gasteiger partial charge < -0.3 is 9.88 Å². The Kier molecular flexibility index (Phi) is 3.66. The number of para-hydroxylation sites is 1. The monoisotopic (exact) mass is 342 g/mol. The fraction of sp³-hybridized carbons (Fsp3) is 0.188. The SMILES string of the molecule is Cc1ncsc1C(=O)Nc1ccccc1-c1cn2c(n1)SCC2. The lowest BCUT2D eigenvalue weighted by molar-refractivity contribution is 0.103. The van der Waals surface area contributed by atoms with Crippen LogP contribution in [-0.4, -0.2) is 26.2 Å². The lowest BCUT2D eigenvalue weighted by atomic mass is 10.1. The molecule has 1 aliphatic rings. The predicted molar refractivity (Wildman–Crippen MR) is 93.2 cm³/mol. The summed E-state index contributed by atoms with van der Waals surface area (Å²) in [5, 5.41) is 4.03. The van der Waals surface area contributed by atoms with Gasteiger partial charge in [-0.2, -0.15) is 0 Å². The molecule has 1 amide bonds. The molecule has 0 spiro atoms. The number of nitrogens with one attached hydrogen (secondary N) is 1. The zero-order chi connectivity index (χ0) is 15.8. The summed E-state index contributed by atoms with van der Waals surface area (Å²) in [6, 6.07) is 7.76. The van der Waals surface area contributed by atoms with Gasteiger partial charge >= 0.3 is 0 Å². The summed E-state index contributed by atoms with van der Waals surface area (Å²) >= 11 is 3.11. The molecule has 0 bridgehead atoms. The Morgan fingerprint density at radius 1 is 1.35 bits per heavy atom. The number of carbonyl (C=O) groups excluding carboxylic acids is 1. The number of thioether (sulfide) groups is 1. The van der Waals surface area contributed by atoms with Crippen LogP contribution in [0.15, 0.2) is 41.1 Å². The Morgan fingerprint density at radius 3 is 3.00 bits per heavy atom. The van der Waals surface area contributed by atoms with E-state index in [1.165, 1.54) is 11.3 Å². The molecule has 1 aliphatic heterocycles. The summed E-state index contributed by atoms with van der Waals surface area (Å²) in [7, 11) is 0. The van der Waals surface area contributed by atoms with E-state index in [1.807, 2.05) is 31.2 Å². The third-order valence-corrected chi connectivity index (χ3v) is 5.60. The second-order valence-electron chi connectivity index (χ2n) is 5.22. The van der Waals surface area contributed by atoms with E-state index < -0.39 is 0 Å². The Hall–Kier alpha value is -2.12. The number of anilines is 1. The highest BCUT2D eigenvalue weighted by Gasteiger charge is 2.18. The normalized spacial score (nSPS) is 13.1. The van der Waals surface area contributed by atoms with Crippen LogP contribution in [0.5, 0.6) is 0 Å². The minimum Gasteiger partial charge on any atom is -0.325 e. The number of rotatable bonds is 3. The van der Waals surface area contributed by atoms with Gasteiger partial charge in [0.2, 0.25) is 0 Å². The molecule has 0 saturated carbocycles. The molecular formula is C16H14N4OS2. The first kappa shape index (κ1) is 14.5. The van der Waals surface area contributed by atoms with Gasteiger partial charge in [-0.1, -0.05) is 30.0 Å². The van der Waals surface area contributed by atoms with Gasteiger partial charge in [0.15, 0.2) is 5.16 Å². The molecule has 2 aromatic heterocycles. The Morgan fingerprint density at radius 2 is 2.22 bits per heavy atom. The minimum absolute atomic E-state index is 0.126. The minimum atomic E-state index is -0.126. The number of hydrogen-bond donors (Lipinski definition) is 1. The van der Waals surface area contributed by atoms with E-state index in [9.17, 15) is 4.79 Å². The van der Waals surface area contributed by atoms with E-state index >= 15 is 0 Å². The zero-order valence-corrected chi connectivity index (χ0v) is 14.1. The van der Waals surface area contributed by atoms with Crippen LogP contribution >= 0.6 is 23.1 Å². The van der Waals surface area contributed by atoms with Crippen molar-refractivity contribution in [2.75, 3.05) is 11.1 Å². The number of benzene rings is 1. The van der Waals surface area contributed by atoms with Crippen LogP contribution in [0.1, 0.15) is 15.4 Å². The first-order valence-corrected chi connectivity index (χ1v) is 9.10. The topological polar surface area (TPSA) is 59.8 Å². The number of hydrogen-bond acceptors (Lipinski definition) is 5. The molecule has 0 fully saturated rings. The molecule has 3 aromatic rings. The average Bonchev–Trinajstić information content (AvgIpc) is 3.23. The van der Waals surface area contributed by atoms with Crippen LogP contribution in [0.2, 0.25) is 0 Å². The molecule has 4 rings (SSSR count). The number of aryl methyl sites for hydroxylation is 2. The second kappa shape index (κ2) is 5.82. The van der Waals surface area contributed by atoms with Gasteiger partial charge in [0.1, 0.15) is 4.88 Å². The molecule has 1 aromatic carbocycles. The molecule has 0 saturated heterocycles. The van der Waals surface area contributed by atoms with Crippen molar-refractivity contribution in [3.05, 3.63) is 46.5 Å². The number of amides is 1. The summed E-state index contributed by atoms with van der Waals surface area (Å²) in [5.41, 5.74) is 5.04. The lowest BCUT2D eigenvalue weighted by Crippen LogP contribution is -2.12. The number of thiazole rings is 1. The van der Waals surface area contributed by atoms with Crippen LogP contribution in [0, 0.1) is 6.92 Å².